The molecule has 0 unspecified atom stereocenters. The first-order valence-corrected chi connectivity index (χ1v) is 6.89. The van der Waals surface area contributed by atoms with Crippen LogP contribution in [0.3, 0.4) is 0 Å². The van der Waals surface area contributed by atoms with E-state index in [4.69, 9.17) is 5.73 Å². The summed E-state index contributed by atoms with van der Waals surface area (Å²) >= 11 is 0. The fourth-order valence-electron chi connectivity index (χ4n) is 1.44. The summed E-state index contributed by atoms with van der Waals surface area (Å²) in [6, 6.07) is 6.67. The van der Waals surface area contributed by atoms with Crippen molar-refractivity contribution in [3.8, 4) is 0 Å². The normalized spacial score (nSPS) is 16.3. The second-order valence-corrected chi connectivity index (χ2v) is 5.91. The molecule has 1 aromatic carbocycles. The van der Waals surface area contributed by atoms with Gasteiger partial charge < -0.3 is 5.73 Å². The Morgan fingerprint density at radius 1 is 1.25 bits per heavy atom. The molecule has 0 saturated heterocycles. The van der Waals surface area contributed by atoms with Crippen molar-refractivity contribution >= 4 is 10.0 Å². The molecule has 2 rings (SSSR count). The van der Waals surface area contributed by atoms with Crippen LogP contribution in [-0.4, -0.2) is 15.0 Å². The second kappa shape index (κ2) is 4.53. The molecule has 0 bridgehead atoms. The number of hydrogen-bond donors (Lipinski definition) is 2. The maximum Gasteiger partial charge on any atom is 0.240 e. The lowest BCUT2D eigenvalue weighted by Crippen LogP contribution is -2.25. The second-order valence-electron chi connectivity index (χ2n) is 4.14. The standard InChI is InChI=1S/C11H16N2O2S/c12-7-9-3-5-11(6-4-9)16(14,15)13-8-10-1-2-10/h3-6,10,13H,1-2,7-8,12H2. The van der Waals surface area contributed by atoms with Gasteiger partial charge in [0.05, 0.1) is 4.90 Å². The predicted molar refractivity (Wildman–Crippen MR) is 62.2 cm³/mol. The third kappa shape index (κ3) is 2.81. The zero-order chi connectivity index (χ0) is 11.6. The lowest BCUT2D eigenvalue weighted by molar-refractivity contribution is 0.577. The van der Waals surface area contributed by atoms with Gasteiger partial charge in [0.1, 0.15) is 0 Å². The highest BCUT2D eigenvalue weighted by molar-refractivity contribution is 7.89. The van der Waals surface area contributed by atoms with Gasteiger partial charge in [-0.15, -0.1) is 0 Å². The highest BCUT2D eigenvalue weighted by atomic mass is 32.2. The summed E-state index contributed by atoms with van der Waals surface area (Å²) in [6.07, 6.45) is 2.27. The van der Waals surface area contributed by atoms with Gasteiger partial charge in [0.2, 0.25) is 10.0 Å². The molecule has 4 nitrogen and oxygen atoms in total. The molecular weight excluding hydrogens is 224 g/mol. The number of nitrogens with one attached hydrogen (secondary N) is 1. The van der Waals surface area contributed by atoms with E-state index in [1.165, 1.54) is 0 Å². The summed E-state index contributed by atoms with van der Waals surface area (Å²) in [4.78, 5) is 0.311. The third-order valence-electron chi connectivity index (χ3n) is 2.73. The maximum absolute atomic E-state index is 11.8. The summed E-state index contributed by atoms with van der Waals surface area (Å²) in [6.45, 7) is 0.983. The zero-order valence-electron chi connectivity index (χ0n) is 9.02. The van der Waals surface area contributed by atoms with Gasteiger partial charge in [-0.2, -0.15) is 0 Å². The molecule has 0 heterocycles. The molecule has 16 heavy (non-hydrogen) atoms. The molecule has 0 radical (unpaired) electrons. The van der Waals surface area contributed by atoms with E-state index in [2.05, 4.69) is 4.72 Å². The van der Waals surface area contributed by atoms with Crippen LogP contribution in [-0.2, 0) is 16.6 Å². The van der Waals surface area contributed by atoms with Gasteiger partial charge in [-0.05, 0) is 36.5 Å². The summed E-state index contributed by atoms with van der Waals surface area (Å²) < 4.78 is 26.3. The van der Waals surface area contributed by atoms with E-state index >= 15 is 0 Å². The van der Waals surface area contributed by atoms with Crippen molar-refractivity contribution in [3.63, 3.8) is 0 Å². The summed E-state index contributed by atoms with van der Waals surface area (Å²) in [5.41, 5.74) is 6.38. The minimum Gasteiger partial charge on any atom is -0.326 e. The first-order chi connectivity index (χ1) is 7.62. The van der Waals surface area contributed by atoms with Gasteiger partial charge in [0.15, 0.2) is 0 Å². The molecule has 0 amide bonds. The van der Waals surface area contributed by atoms with E-state index < -0.39 is 10.0 Å². The molecule has 3 N–H and O–H groups in total. The van der Waals surface area contributed by atoms with Crippen molar-refractivity contribution in [2.45, 2.75) is 24.3 Å². The van der Waals surface area contributed by atoms with Crippen LogP contribution in [0.15, 0.2) is 29.2 Å². The molecule has 0 aromatic heterocycles. The minimum absolute atomic E-state index is 0.311. The van der Waals surface area contributed by atoms with Gasteiger partial charge in [-0.25, -0.2) is 13.1 Å². The van der Waals surface area contributed by atoms with Crippen molar-refractivity contribution in [1.29, 1.82) is 0 Å². The molecular formula is C11H16N2O2S. The molecule has 1 saturated carbocycles. The van der Waals surface area contributed by atoms with Crippen LogP contribution in [0.2, 0.25) is 0 Å². The highest BCUT2D eigenvalue weighted by Crippen LogP contribution is 2.28. The molecule has 0 atom stereocenters. The van der Waals surface area contributed by atoms with Gasteiger partial charge in [0.25, 0.3) is 0 Å². The third-order valence-corrected chi connectivity index (χ3v) is 4.17. The quantitative estimate of drug-likeness (QED) is 0.801. The number of hydrogen-bond acceptors (Lipinski definition) is 3. The average Bonchev–Trinajstić information content (AvgIpc) is 3.10. The van der Waals surface area contributed by atoms with Gasteiger partial charge in [-0.3, -0.25) is 0 Å². The van der Waals surface area contributed by atoms with Crippen molar-refractivity contribution in [3.05, 3.63) is 29.8 Å². The van der Waals surface area contributed by atoms with E-state index in [0.717, 1.165) is 18.4 Å². The van der Waals surface area contributed by atoms with Crippen LogP contribution in [0.4, 0.5) is 0 Å². The maximum atomic E-state index is 11.8. The van der Waals surface area contributed by atoms with E-state index in [1.807, 2.05) is 0 Å². The van der Waals surface area contributed by atoms with Gasteiger partial charge in [-0.1, -0.05) is 12.1 Å². The predicted octanol–water partition coefficient (Wildman–Crippen LogP) is 0.834. The Balaban J connectivity index is 2.07. The van der Waals surface area contributed by atoms with E-state index in [-0.39, 0.29) is 0 Å². The molecule has 1 fully saturated rings. The fourth-order valence-corrected chi connectivity index (χ4v) is 2.55. The molecule has 1 aromatic rings. The average molecular weight is 240 g/mol. The monoisotopic (exact) mass is 240 g/mol. The molecule has 1 aliphatic rings. The summed E-state index contributed by atoms with van der Waals surface area (Å²) in [5, 5.41) is 0. The summed E-state index contributed by atoms with van der Waals surface area (Å²) in [7, 11) is -3.33. The smallest absolute Gasteiger partial charge is 0.240 e. The van der Waals surface area contributed by atoms with Crippen molar-refractivity contribution in [2.24, 2.45) is 11.7 Å². The molecule has 0 aliphatic heterocycles. The van der Waals surface area contributed by atoms with Crippen LogP contribution >= 0.6 is 0 Å². The molecule has 5 heteroatoms. The Morgan fingerprint density at radius 3 is 2.38 bits per heavy atom. The Hall–Kier alpha value is -0.910. The van der Waals surface area contributed by atoms with Crippen molar-refractivity contribution in [1.82, 2.24) is 4.72 Å². The van der Waals surface area contributed by atoms with Crippen molar-refractivity contribution in [2.75, 3.05) is 6.54 Å². The van der Waals surface area contributed by atoms with Crippen molar-refractivity contribution < 1.29 is 8.42 Å². The Labute approximate surface area is 95.9 Å². The van der Waals surface area contributed by atoms with Crippen LogP contribution in [0.5, 0.6) is 0 Å². The number of sulfonamides is 1. The molecule has 0 spiro atoms. The number of benzene rings is 1. The van der Waals surface area contributed by atoms with Crippen LogP contribution in [0.25, 0.3) is 0 Å². The Morgan fingerprint density at radius 2 is 1.88 bits per heavy atom. The lowest BCUT2D eigenvalue weighted by Gasteiger charge is -2.06. The largest absolute Gasteiger partial charge is 0.326 e. The van der Waals surface area contributed by atoms with Crippen LogP contribution in [0.1, 0.15) is 18.4 Å². The Kier molecular flexibility index (Phi) is 3.28. The topological polar surface area (TPSA) is 72.2 Å². The molecule has 88 valence electrons. The number of rotatable bonds is 5. The Bertz CT molecular complexity index is 449. The lowest BCUT2D eigenvalue weighted by atomic mass is 10.2. The minimum atomic E-state index is -3.33. The fraction of sp³-hybridized carbons (Fsp3) is 0.455. The van der Waals surface area contributed by atoms with Gasteiger partial charge >= 0.3 is 0 Å². The van der Waals surface area contributed by atoms with E-state index in [0.29, 0.717) is 23.9 Å². The first-order valence-electron chi connectivity index (χ1n) is 5.40. The van der Waals surface area contributed by atoms with Crippen LogP contribution < -0.4 is 10.5 Å². The van der Waals surface area contributed by atoms with Gasteiger partial charge in [0, 0.05) is 13.1 Å². The van der Waals surface area contributed by atoms with E-state index in [9.17, 15) is 8.42 Å². The number of nitrogens with two attached hydrogens (primary N) is 1. The summed E-state index contributed by atoms with van der Waals surface area (Å²) in [5.74, 6) is 0.540. The van der Waals surface area contributed by atoms with Crippen LogP contribution in [0, 0.1) is 5.92 Å². The zero-order valence-corrected chi connectivity index (χ0v) is 9.83. The first kappa shape index (κ1) is 11.6. The van der Waals surface area contributed by atoms with E-state index in [1.54, 1.807) is 24.3 Å². The molecule has 1 aliphatic carbocycles. The highest BCUT2D eigenvalue weighted by Gasteiger charge is 2.24. The SMILES string of the molecule is NCc1ccc(S(=O)(=O)NCC2CC2)cc1.